The first-order chi connectivity index (χ1) is 34.2. The van der Waals surface area contributed by atoms with Gasteiger partial charge in [0.1, 0.15) is 54.4 Å². The number of aliphatic hydroxyl groups is 3. The summed E-state index contributed by atoms with van der Waals surface area (Å²) in [6.45, 7) is 6.66. The molecule has 4 heterocycles. The number of fused-ring (bicyclic) bond motifs is 3. The average molecular weight is 1010 g/mol. The van der Waals surface area contributed by atoms with Crippen LogP contribution in [0.5, 0.6) is 0 Å². The van der Waals surface area contributed by atoms with Gasteiger partial charge in [0, 0.05) is 36.6 Å². The van der Waals surface area contributed by atoms with Crippen molar-refractivity contribution in [3.8, 4) is 0 Å². The third kappa shape index (κ3) is 13.6. The molecule has 0 unspecified atom stereocenters. The fraction of sp³-hybridized carbons (Fsp3) is 0.625. The molecule has 10 amide bonds. The van der Waals surface area contributed by atoms with Crippen molar-refractivity contribution >= 4 is 70.0 Å². The van der Waals surface area contributed by atoms with Crippen LogP contribution in [0.2, 0.25) is 0 Å². The van der Waals surface area contributed by atoms with E-state index in [0.29, 0.717) is 24.8 Å². The summed E-state index contributed by atoms with van der Waals surface area (Å²) in [6, 6.07) is -5.12. The Kier molecular flexibility index (Phi) is 20.0. The number of para-hydroxylation sites is 1. The number of hydrogen-bond donors (Lipinski definition) is 12. The maximum absolute atomic E-state index is 14.3. The fourth-order valence-corrected chi connectivity index (χ4v) is 9.12. The van der Waals surface area contributed by atoms with Crippen molar-refractivity contribution < 1.29 is 63.3 Å². The Hall–Kier alpha value is -6.66. The number of carbonyl (C=O) groups excluding carboxylic acids is 10. The highest BCUT2D eigenvalue weighted by atomic mass is 16.3. The molecule has 0 aliphatic carbocycles. The zero-order valence-electron chi connectivity index (χ0n) is 41.6. The topological polar surface area (TPSA) is 350 Å². The van der Waals surface area contributed by atoms with Crippen LogP contribution in [0.15, 0.2) is 30.5 Å². The van der Waals surface area contributed by atoms with E-state index in [9.17, 15) is 63.3 Å². The van der Waals surface area contributed by atoms with E-state index in [1.807, 2.05) is 18.2 Å². The van der Waals surface area contributed by atoms with E-state index in [4.69, 9.17) is 0 Å². The smallest absolute Gasteiger partial charge is 0.248 e. The van der Waals surface area contributed by atoms with Crippen LogP contribution in [-0.2, 0) is 54.4 Å². The molecule has 10 atom stereocenters. The van der Waals surface area contributed by atoms with Crippen LogP contribution in [0.3, 0.4) is 0 Å². The minimum atomic E-state index is -1.70. The van der Waals surface area contributed by atoms with Gasteiger partial charge >= 0.3 is 0 Å². The van der Waals surface area contributed by atoms with Crippen LogP contribution < -0.4 is 42.5 Å². The summed E-state index contributed by atoms with van der Waals surface area (Å²) in [7, 11) is 0. The predicted octanol–water partition coefficient (Wildman–Crippen LogP) is -3.45. The van der Waals surface area contributed by atoms with E-state index in [1.165, 1.54) is 9.80 Å². The van der Waals surface area contributed by atoms with Crippen LogP contribution in [0.1, 0.15) is 79.2 Å². The van der Waals surface area contributed by atoms with E-state index in [2.05, 4.69) is 47.5 Å². The molecule has 24 heteroatoms. The first kappa shape index (κ1) is 56.3. The summed E-state index contributed by atoms with van der Waals surface area (Å²) in [5.41, 5.74) is 1.36. The summed E-state index contributed by atoms with van der Waals surface area (Å²) < 4.78 is 0. The van der Waals surface area contributed by atoms with Crippen molar-refractivity contribution in [3.05, 3.63) is 36.0 Å². The molecule has 5 rings (SSSR count). The van der Waals surface area contributed by atoms with Gasteiger partial charge in [-0.25, -0.2) is 0 Å². The lowest BCUT2D eigenvalue weighted by molar-refractivity contribution is -0.145. The second kappa shape index (κ2) is 25.6. The molecular weight excluding hydrogens is 939 g/mol. The minimum Gasteiger partial charge on any atom is -0.394 e. The molecule has 2 aromatic rings. The number of hydrogen-bond acceptors (Lipinski definition) is 13. The standard InChI is InChI=1S/C48H71N11O13/c1-7-26(6)39-46(70)52-30(18-27-19-49-29-13-9-8-12-28(27)29)40(64)50-20-36(63)51-33(23-62)47(71)58-16-10-15-35(58)44(68)56-38(25(4)5)48(72)59-17-11-14-34(59)43(67)54-31(21-60)41(65)53-32(22-61)42(66)55-37(24(2)3)45(69)57-39/h8-9,12-13,19,24-26,30-35,37-39,49,60-62H,7,10-11,14-18,20-23H2,1-6H3,(H,50,64)(H,51,63)(H,52,70)(H,53,65)(H,54,67)(H,55,66)(H,56,68)(H,57,69)/t26-,30-,31-,32-,33-,34-,35-,37-,38-,39-/m0/s1. The molecule has 24 nitrogen and oxygen atoms in total. The van der Waals surface area contributed by atoms with Crippen LogP contribution in [0.4, 0.5) is 0 Å². The molecule has 0 spiro atoms. The van der Waals surface area contributed by atoms with E-state index in [0.717, 1.165) is 10.9 Å². The van der Waals surface area contributed by atoms with Gasteiger partial charge in [0.05, 0.1) is 26.4 Å². The van der Waals surface area contributed by atoms with E-state index < -0.39 is 158 Å². The molecular formula is C48H71N11O13. The quantitative estimate of drug-likeness (QED) is 0.117. The largest absolute Gasteiger partial charge is 0.394 e. The lowest BCUT2D eigenvalue weighted by atomic mass is 9.95. The van der Waals surface area contributed by atoms with E-state index in [-0.39, 0.29) is 32.4 Å². The second-order valence-electron chi connectivity index (χ2n) is 19.3. The number of aromatic nitrogens is 1. The van der Waals surface area contributed by atoms with Gasteiger partial charge in [-0.2, -0.15) is 0 Å². The maximum atomic E-state index is 14.3. The number of rotatable bonds is 9. The predicted molar refractivity (Wildman–Crippen MR) is 258 cm³/mol. The SMILES string of the molecule is CC[C@H](C)[C@@H]1NC(=O)[C@H](C(C)C)NC(=O)[C@H](CO)NC(=O)[C@H](CO)NC(=O)[C@@H]2CCCN2C(=O)[C@H](C(C)C)NC(=O)[C@@H]2CCCN2C(=O)[C@H](CO)NC(=O)CNC(=O)[C@H](Cc2c[nH]c3ccccc23)NC1=O. The van der Waals surface area contributed by atoms with Crippen LogP contribution in [-0.4, -0.2) is 183 Å². The van der Waals surface area contributed by atoms with Crippen LogP contribution >= 0.6 is 0 Å². The molecule has 3 aliphatic rings. The lowest BCUT2D eigenvalue weighted by Crippen LogP contribution is -2.62. The van der Waals surface area contributed by atoms with Crippen molar-refractivity contribution in [1.82, 2.24) is 57.3 Å². The number of carbonyl (C=O) groups is 10. The number of aromatic amines is 1. The summed E-state index contributed by atoms with van der Waals surface area (Å²) in [4.78, 5) is 144. The molecule has 396 valence electrons. The first-order valence-corrected chi connectivity index (χ1v) is 24.6. The van der Waals surface area contributed by atoms with Gasteiger partial charge < -0.3 is 72.6 Å². The zero-order chi connectivity index (χ0) is 53.0. The number of benzene rings is 1. The van der Waals surface area contributed by atoms with Gasteiger partial charge in [0.15, 0.2) is 0 Å². The van der Waals surface area contributed by atoms with Crippen LogP contribution in [0, 0.1) is 17.8 Å². The molecule has 1 aromatic heterocycles. The molecule has 3 aliphatic heterocycles. The molecule has 1 aromatic carbocycles. The van der Waals surface area contributed by atoms with Gasteiger partial charge in [-0.15, -0.1) is 0 Å². The molecule has 0 bridgehead atoms. The Balaban J connectivity index is 1.48. The van der Waals surface area contributed by atoms with Gasteiger partial charge in [-0.3, -0.25) is 47.9 Å². The van der Waals surface area contributed by atoms with Crippen LogP contribution in [0.25, 0.3) is 10.9 Å². The Labute approximate surface area is 417 Å². The maximum Gasteiger partial charge on any atom is 0.248 e. The summed E-state index contributed by atoms with van der Waals surface area (Å²) in [5, 5.41) is 51.9. The highest BCUT2D eigenvalue weighted by molar-refractivity contribution is 6.00. The summed E-state index contributed by atoms with van der Waals surface area (Å²) in [5.74, 6) is -10.1. The molecule has 72 heavy (non-hydrogen) atoms. The molecule has 0 saturated carbocycles. The number of amides is 10. The van der Waals surface area contributed by atoms with Gasteiger partial charge in [-0.1, -0.05) is 66.2 Å². The van der Waals surface area contributed by atoms with Gasteiger partial charge in [0.2, 0.25) is 59.1 Å². The molecule has 0 radical (unpaired) electrons. The number of nitrogens with zero attached hydrogens (tertiary/aromatic N) is 2. The number of aliphatic hydroxyl groups excluding tert-OH is 3. The second-order valence-corrected chi connectivity index (χ2v) is 19.3. The highest BCUT2D eigenvalue weighted by Crippen LogP contribution is 2.24. The average Bonchev–Trinajstić information content (AvgIpc) is 4.15. The highest BCUT2D eigenvalue weighted by Gasteiger charge is 2.43. The van der Waals surface area contributed by atoms with Gasteiger partial charge in [-0.05, 0) is 55.1 Å². The van der Waals surface area contributed by atoms with Crippen molar-refractivity contribution in [1.29, 1.82) is 0 Å². The van der Waals surface area contributed by atoms with E-state index in [1.54, 1.807) is 53.8 Å². The Morgan fingerprint density at radius 3 is 1.64 bits per heavy atom. The molecule has 3 saturated heterocycles. The Morgan fingerprint density at radius 1 is 0.556 bits per heavy atom. The fourth-order valence-electron chi connectivity index (χ4n) is 9.12. The van der Waals surface area contributed by atoms with Crippen molar-refractivity contribution in [3.63, 3.8) is 0 Å². The van der Waals surface area contributed by atoms with Crippen molar-refractivity contribution in [2.45, 2.75) is 134 Å². The minimum absolute atomic E-state index is 0.0729. The van der Waals surface area contributed by atoms with E-state index >= 15 is 0 Å². The van der Waals surface area contributed by atoms with Crippen molar-refractivity contribution in [2.75, 3.05) is 39.5 Å². The Bertz CT molecular complexity index is 2320. The number of H-pyrrole nitrogens is 1. The normalized spacial score (nSPS) is 28.0. The van der Waals surface area contributed by atoms with Crippen molar-refractivity contribution in [2.24, 2.45) is 17.8 Å². The molecule has 3 fully saturated rings. The lowest BCUT2D eigenvalue weighted by Gasteiger charge is -2.33. The monoisotopic (exact) mass is 1010 g/mol. The number of nitrogens with one attached hydrogen (secondary N) is 9. The summed E-state index contributed by atoms with van der Waals surface area (Å²) >= 11 is 0. The first-order valence-electron chi connectivity index (χ1n) is 24.6. The Morgan fingerprint density at radius 2 is 1.06 bits per heavy atom. The molecule has 12 N–H and O–H groups in total. The third-order valence-electron chi connectivity index (χ3n) is 13.5. The summed E-state index contributed by atoms with van der Waals surface area (Å²) in [6.07, 6.45) is 3.00. The van der Waals surface area contributed by atoms with Gasteiger partial charge in [0.25, 0.3) is 0 Å². The third-order valence-corrected chi connectivity index (χ3v) is 13.5. The zero-order valence-corrected chi connectivity index (χ0v) is 41.6.